The first kappa shape index (κ1) is 9.17. The monoisotopic (exact) mass is 144 g/mol. The van der Waals surface area contributed by atoms with Crippen molar-refractivity contribution in [1.82, 2.24) is 0 Å². The molecule has 58 valence electrons. The zero-order chi connectivity index (χ0) is 7.98. The number of hydrogen-bond acceptors (Lipinski definition) is 2. The number of aliphatic hydroxyl groups is 1. The van der Waals surface area contributed by atoms with E-state index in [9.17, 15) is 4.79 Å². The van der Waals surface area contributed by atoms with Crippen LogP contribution in [0.1, 0.15) is 19.8 Å². The Morgan fingerprint density at radius 1 is 1.70 bits per heavy atom. The van der Waals surface area contributed by atoms with Gasteiger partial charge in [0.2, 0.25) is 0 Å². The van der Waals surface area contributed by atoms with E-state index in [2.05, 4.69) is 0 Å². The second-order valence-corrected chi connectivity index (χ2v) is 2.00. The zero-order valence-electron chi connectivity index (χ0n) is 5.95. The summed E-state index contributed by atoms with van der Waals surface area (Å²) in [6.07, 6.45) is 3.38. The van der Waals surface area contributed by atoms with E-state index in [-0.39, 0.29) is 0 Å². The van der Waals surface area contributed by atoms with Crippen LogP contribution in [0.2, 0.25) is 0 Å². The van der Waals surface area contributed by atoms with Crippen LogP contribution in [0.5, 0.6) is 0 Å². The van der Waals surface area contributed by atoms with Gasteiger partial charge in [-0.15, -0.1) is 0 Å². The molecule has 0 aliphatic rings. The first-order valence-corrected chi connectivity index (χ1v) is 3.26. The van der Waals surface area contributed by atoms with Crippen molar-refractivity contribution in [2.45, 2.75) is 25.9 Å². The molecule has 0 saturated carbocycles. The summed E-state index contributed by atoms with van der Waals surface area (Å²) in [5.74, 6) is -1.20. The molecule has 0 aromatic heterocycles. The Labute approximate surface area is 60.0 Å². The number of unbranched alkanes of at least 4 members (excludes halogenated alkanes) is 1. The Bertz CT molecular complexity index is 129. The standard InChI is InChI=1S/C7H12O3/c1-2-3-4-5-6(8)7(9)10/h4-6,8H,2-3H2,1H3,(H,9,10). The van der Waals surface area contributed by atoms with E-state index in [0.29, 0.717) is 0 Å². The van der Waals surface area contributed by atoms with E-state index >= 15 is 0 Å². The van der Waals surface area contributed by atoms with Crippen molar-refractivity contribution in [3.05, 3.63) is 12.2 Å². The fourth-order valence-corrected chi connectivity index (χ4v) is 0.474. The summed E-state index contributed by atoms with van der Waals surface area (Å²) in [6.45, 7) is 1.98. The maximum absolute atomic E-state index is 9.99. The zero-order valence-corrected chi connectivity index (χ0v) is 5.95. The van der Waals surface area contributed by atoms with Crippen LogP contribution >= 0.6 is 0 Å². The third kappa shape index (κ3) is 4.09. The molecule has 0 bridgehead atoms. The van der Waals surface area contributed by atoms with Gasteiger partial charge >= 0.3 is 5.97 Å². The molecule has 0 radical (unpaired) electrons. The fraction of sp³-hybridized carbons (Fsp3) is 0.571. The molecule has 3 nitrogen and oxygen atoms in total. The lowest BCUT2D eigenvalue weighted by molar-refractivity contribution is -0.144. The van der Waals surface area contributed by atoms with Gasteiger partial charge in [0.1, 0.15) is 0 Å². The van der Waals surface area contributed by atoms with Crippen LogP contribution in [0.15, 0.2) is 12.2 Å². The average Bonchev–Trinajstić information content (AvgIpc) is 1.88. The molecule has 0 aliphatic carbocycles. The van der Waals surface area contributed by atoms with Gasteiger partial charge in [-0.05, 0) is 12.5 Å². The third-order valence-corrected chi connectivity index (χ3v) is 1.03. The number of allylic oxidation sites excluding steroid dienone is 1. The molecule has 0 saturated heterocycles. The highest BCUT2D eigenvalue weighted by Gasteiger charge is 2.06. The van der Waals surface area contributed by atoms with Crippen LogP contribution in [0.25, 0.3) is 0 Å². The molecule has 0 aliphatic heterocycles. The lowest BCUT2D eigenvalue weighted by Crippen LogP contribution is -2.15. The summed E-state index contributed by atoms with van der Waals surface area (Å²) >= 11 is 0. The van der Waals surface area contributed by atoms with E-state index in [4.69, 9.17) is 10.2 Å². The van der Waals surface area contributed by atoms with Gasteiger partial charge in [0.05, 0.1) is 0 Å². The van der Waals surface area contributed by atoms with Crippen molar-refractivity contribution in [2.24, 2.45) is 0 Å². The molecule has 0 aromatic rings. The second-order valence-electron chi connectivity index (χ2n) is 2.00. The summed E-state index contributed by atoms with van der Waals surface area (Å²) in [5.41, 5.74) is 0. The highest BCUT2D eigenvalue weighted by Crippen LogP contribution is 1.91. The average molecular weight is 144 g/mol. The van der Waals surface area contributed by atoms with Crippen LogP contribution < -0.4 is 0 Å². The largest absolute Gasteiger partial charge is 0.479 e. The van der Waals surface area contributed by atoms with E-state index < -0.39 is 12.1 Å². The quantitative estimate of drug-likeness (QED) is 0.573. The maximum Gasteiger partial charge on any atom is 0.336 e. The first-order chi connectivity index (χ1) is 4.68. The van der Waals surface area contributed by atoms with Crippen molar-refractivity contribution < 1.29 is 15.0 Å². The third-order valence-electron chi connectivity index (χ3n) is 1.03. The Morgan fingerprint density at radius 2 is 2.30 bits per heavy atom. The molecule has 1 unspecified atom stereocenters. The van der Waals surface area contributed by atoms with E-state index in [1.165, 1.54) is 6.08 Å². The minimum Gasteiger partial charge on any atom is -0.479 e. The number of rotatable bonds is 4. The van der Waals surface area contributed by atoms with Gasteiger partial charge in [-0.1, -0.05) is 19.4 Å². The van der Waals surface area contributed by atoms with Crippen molar-refractivity contribution >= 4 is 5.97 Å². The van der Waals surface area contributed by atoms with Gasteiger partial charge in [-0.2, -0.15) is 0 Å². The Kier molecular flexibility index (Phi) is 4.58. The highest BCUT2D eigenvalue weighted by molar-refractivity contribution is 5.74. The van der Waals surface area contributed by atoms with Gasteiger partial charge in [0.15, 0.2) is 6.10 Å². The summed E-state index contributed by atoms with van der Waals surface area (Å²) in [4.78, 5) is 9.99. The Hall–Kier alpha value is -0.830. The molecule has 1 atom stereocenters. The predicted molar refractivity (Wildman–Crippen MR) is 37.7 cm³/mol. The summed E-state index contributed by atoms with van der Waals surface area (Å²) in [5, 5.41) is 16.8. The topological polar surface area (TPSA) is 57.5 Å². The number of carboxylic acid groups (broad SMARTS) is 1. The number of aliphatic carboxylic acids is 1. The van der Waals surface area contributed by atoms with Crippen LogP contribution in [-0.2, 0) is 4.79 Å². The highest BCUT2D eigenvalue weighted by atomic mass is 16.4. The minimum absolute atomic E-state index is 0.810. The molecule has 0 amide bonds. The second kappa shape index (κ2) is 4.99. The van der Waals surface area contributed by atoms with Crippen LogP contribution in [0.4, 0.5) is 0 Å². The predicted octanol–water partition coefficient (Wildman–Crippen LogP) is 0.788. The van der Waals surface area contributed by atoms with E-state index in [1.54, 1.807) is 6.08 Å². The molecule has 3 heteroatoms. The van der Waals surface area contributed by atoms with E-state index in [0.717, 1.165) is 12.8 Å². The van der Waals surface area contributed by atoms with Crippen molar-refractivity contribution in [1.29, 1.82) is 0 Å². The van der Waals surface area contributed by atoms with Crippen LogP contribution in [-0.4, -0.2) is 22.3 Å². The van der Waals surface area contributed by atoms with Gasteiger partial charge in [0.25, 0.3) is 0 Å². The van der Waals surface area contributed by atoms with Gasteiger partial charge < -0.3 is 10.2 Å². The Balaban J connectivity index is 3.55. The van der Waals surface area contributed by atoms with Gasteiger partial charge in [0, 0.05) is 0 Å². The number of aliphatic hydroxyl groups excluding tert-OH is 1. The fourth-order valence-electron chi connectivity index (χ4n) is 0.474. The molecule has 0 fully saturated rings. The van der Waals surface area contributed by atoms with Crippen molar-refractivity contribution in [3.63, 3.8) is 0 Å². The summed E-state index contributed by atoms with van der Waals surface area (Å²) in [7, 11) is 0. The number of carboxylic acids is 1. The molecular weight excluding hydrogens is 132 g/mol. The maximum atomic E-state index is 9.99. The molecular formula is C7H12O3. The molecule has 0 spiro atoms. The lowest BCUT2D eigenvalue weighted by atomic mass is 10.2. The molecule has 10 heavy (non-hydrogen) atoms. The first-order valence-electron chi connectivity index (χ1n) is 3.26. The lowest BCUT2D eigenvalue weighted by Gasteiger charge is -1.95. The minimum atomic E-state index is -1.34. The smallest absolute Gasteiger partial charge is 0.336 e. The number of hydrogen-bond donors (Lipinski definition) is 2. The number of carbonyl (C=O) groups is 1. The van der Waals surface area contributed by atoms with Crippen LogP contribution in [0, 0.1) is 0 Å². The van der Waals surface area contributed by atoms with Crippen LogP contribution in [0.3, 0.4) is 0 Å². The summed E-state index contributed by atoms with van der Waals surface area (Å²) < 4.78 is 0. The van der Waals surface area contributed by atoms with Gasteiger partial charge in [-0.3, -0.25) is 0 Å². The van der Waals surface area contributed by atoms with Crippen molar-refractivity contribution in [2.75, 3.05) is 0 Å². The molecule has 0 aromatic carbocycles. The molecule has 2 N–H and O–H groups in total. The SMILES string of the molecule is CCCC=CC(O)C(=O)O. The normalized spacial score (nSPS) is 13.8. The van der Waals surface area contributed by atoms with Crippen molar-refractivity contribution in [3.8, 4) is 0 Å². The molecule has 0 heterocycles. The summed E-state index contributed by atoms with van der Waals surface area (Å²) in [6, 6.07) is 0. The van der Waals surface area contributed by atoms with E-state index in [1.807, 2.05) is 6.92 Å². The molecule has 0 rings (SSSR count). The Morgan fingerprint density at radius 3 is 2.70 bits per heavy atom. The van der Waals surface area contributed by atoms with Gasteiger partial charge in [-0.25, -0.2) is 4.79 Å².